The summed E-state index contributed by atoms with van der Waals surface area (Å²) >= 11 is 0. The molecule has 29 heavy (non-hydrogen) atoms. The van der Waals surface area contributed by atoms with Crippen LogP contribution in [0.3, 0.4) is 0 Å². The van der Waals surface area contributed by atoms with E-state index in [9.17, 15) is 18.4 Å². The van der Waals surface area contributed by atoms with E-state index >= 15 is 0 Å². The summed E-state index contributed by atoms with van der Waals surface area (Å²) < 4.78 is 25.8. The van der Waals surface area contributed by atoms with Crippen molar-refractivity contribution in [1.29, 1.82) is 0 Å². The maximum atomic E-state index is 12.9. The number of carbonyl (C=O) groups excluding carboxylic acids is 2. The van der Waals surface area contributed by atoms with Gasteiger partial charge in [0.2, 0.25) is 11.8 Å². The number of anilines is 2. The van der Waals surface area contributed by atoms with Crippen LogP contribution in [-0.4, -0.2) is 60.9 Å². The van der Waals surface area contributed by atoms with Crippen LogP contribution >= 0.6 is 0 Å². The molecule has 0 radical (unpaired) electrons. The maximum absolute atomic E-state index is 12.9. The molecule has 0 spiro atoms. The lowest BCUT2D eigenvalue weighted by Crippen LogP contribution is -2.49. The van der Waals surface area contributed by atoms with Crippen LogP contribution in [0.25, 0.3) is 0 Å². The van der Waals surface area contributed by atoms with Crippen LogP contribution in [0.4, 0.5) is 20.2 Å². The zero-order valence-electron chi connectivity index (χ0n) is 16.0. The van der Waals surface area contributed by atoms with Gasteiger partial charge in [-0.3, -0.25) is 14.5 Å². The van der Waals surface area contributed by atoms with Crippen LogP contribution in [0.1, 0.15) is 6.42 Å². The Morgan fingerprint density at radius 3 is 1.69 bits per heavy atom. The highest BCUT2D eigenvalue weighted by Gasteiger charge is 2.19. The highest BCUT2D eigenvalue weighted by atomic mass is 19.1. The molecule has 1 saturated heterocycles. The van der Waals surface area contributed by atoms with Crippen molar-refractivity contribution in [3.05, 3.63) is 60.2 Å². The molecule has 1 heterocycles. The van der Waals surface area contributed by atoms with Gasteiger partial charge in [0.05, 0.1) is 6.54 Å². The minimum atomic E-state index is -0.342. The smallest absolute Gasteiger partial charge is 0.238 e. The summed E-state index contributed by atoms with van der Waals surface area (Å²) in [7, 11) is 0. The molecule has 2 amide bonds. The standard InChI is InChI=1S/C21H24F2N4O2/c22-16-1-5-18(6-2-16)24-20(28)9-10-26-11-13-27(14-12-26)15-21(29)25-19-7-3-17(23)4-8-19/h1-8H,9-15H2,(H,24,28)(H,25,29). The number of rotatable bonds is 7. The number of nitrogens with zero attached hydrogens (tertiary/aromatic N) is 2. The Hall–Kier alpha value is -2.84. The number of hydrogen-bond donors (Lipinski definition) is 2. The van der Waals surface area contributed by atoms with Gasteiger partial charge in [-0.05, 0) is 48.5 Å². The Kier molecular flexibility index (Phi) is 7.26. The largest absolute Gasteiger partial charge is 0.326 e. The third-order valence-corrected chi connectivity index (χ3v) is 4.74. The minimum absolute atomic E-state index is 0.113. The average molecular weight is 402 g/mol. The van der Waals surface area contributed by atoms with Crippen LogP contribution in [0.5, 0.6) is 0 Å². The molecule has 1 aliphatic rings. The Labute approximate surface area is 168 Å². The molecule has 0 bridgehead atoms. The Morgan fingerprint density at radius 2 is 1.17 bits per heavy atom. The van der Waals surface area contributed by atoms with Gasteiger partial charge >= 0.3 is 0 Å². The van der Waals surface area contributed by atoms with Crippen LogP contribution in [0, 0.1) is 11.6 Å². The first-order valence-corrected chi connectivity index (χ1v) is 9.53. The highest BCUT2D eigenvalue weighted by molar-refractivity contribution is 5.92. The average Bonchev–Trinajstić information content (AvgIpc) is 2.71. The number of piperazine rings is 1. The quantitative estimate of drug-likeness (QED) is 0.747. The Bertz CT molecular complexity index is 820. The number of benzene rings is 2. The van der Waals surface area contributed by atoms with Crippen molar-refractivity contribution in [3.63, 3.8) is 0 Å². The first-order valence-electron chi connectivity index (χ1n) is 9.53. The van der Waals surface area contributed by atoms with Gasteiger partial charge < -0.3 is 15.5 Å². The van der Waals surface area contributed by atoms with Gasteiger partial charge in [-0.2, -0.15) is 0 Å². The Morgan fingerprint density at radius 1 is 0.724 bits per heavy atom. The lowest BCUT2D eigenvalue weighted by molar-refractivity contribution is -0.117. The summed E-state index contributed by atoms with van der Waals surface area (Å²) in [5.74, 6) is -0.931. The molecule has 2 N–H and O–H groups in total. The summed E-state index contributed by atoms with van der Waals surface area (Å²) in [6, 6.07) is 11.3. The molecule has 8 heteroatoms. The van der Waals surface area contributed by atoms with Crippen molar-refractivity contribution in [2.75, 3.05) is 49.9 Å². The van der Waals surface area contributed by atoms with Crippen molar-refractivity contribution in [1.82, 2.24) is 9.80 Å². The van der Waals surface area contributed by atoms with E-state index in [1.165, 1.54) is 48.5 Å². The third kappa shape index (κ3) is 6.92. The van der Waals surface area contributed by atoms with E-state index in [4.69, 9.17) is 0 Å². The molecular weight excluding hydrogens is 378 g/mol. The van der Waals surface area contributed by atoms with E-state index in [2.05, 4.69) is 15.5 Å². The molecule has 0 aliphatic carbocycles. The summed E-state index contributed by atoms with van der Waals surface area (Å²) in [6.07, 6.45) is 0.350. The molecule has 0 saturated carbocycles. The van der Waals surface area contributed by atoms with Gasteiger partial charge in [0.25, 0.3) is 0 Å². The van der Waals surface area contributed by atoms with E-state index in [0.29, 0.717) is 24.3 Å². The van der Waals surface area contributed by atoms with Crippen molar-refractivity contribution in [2.24, 2.45) is 0 Å². The van der Waals surface area contributed by atoms with Crippen molar-refractivity contribution >= 4 is 23.2 Å². The zero-order valence-corrected chi connectivity index (χ0v) is 16.0. The summed E-state index contributed by atoms with van der Waals surface area (Å²) in [6.45, 7) is 3.91. The molecule has 2 aromatic rings. The van der Waals surface area contributed by atoms with Gasteiger partial charge in [-0.1, -0.05) is 0 Å². The first-order chi connectivity index (χ1) is 14.0. The van der Waals surface area contributed by atoms with E-state index in [1.807, 2.05) is 4.90 Å². The predicted molar refractivity (Wildman–Crippen MR) is 108 cm³/mol. The van der Waals surface area contributed by atoms with Crippen LogP contribution in [-0.2, 0) is 9.59 Å². The van der Waals surface area contributed by atoms with Gasteiger partial charge in [0.1, 0.15) is 11.6 Å². The van der Waals surface area contributed by atoms with Crippen LogP contribution in [0.2, 0.25) is 0 Å². The van der Waals surface area contributed by atoms with E-state index < -0.39 is 0 Å². The fraction of sp³-hybridized carbons (Fsp3) is 0.333. The molecule has 154 valence electrons. The van der Waals surface area contributed by atoms with Gasteiger partial charge in [0, 0.05) is 50.5 Å². The van der Waals surface area contributed by atoms with Crippen molar-refractivity contribution in [3.8, 4) is 0 Å². The molecule has 2 aromatic carbocycles. The first kappa shape index (κ1) is 20.9. The topological polar surface area (TPSA) is 64.7 Å². The maximum Gasteiger partial charge on any atom is 0.238 e. The van der Waals surface area contributed by atoms with Crippen molar-refractivity contribution in [2.45, 2.75) is 6.42 Å². The third-order valence-electron chi connectivity index (χ3n) is 4.74. The van der Waals surface area contributed by atoms with E-state index in [0.717, 1.165) is 26.2 Å². The van der Waals surface area contributed by atoms with Gasteiger partial charge in [-0.15, -0.1) is 0 Å². The fourth-order valence-electron chi connectivity index (χ4n) is 3.12. The molecular formula is C21H24F2N4O2. The normalized spacial score (nSPS) is 15.1. The van der Waals surface area contributed by atoms with Crippen LogP contribution in [0.15, 0.2) is 48.5 Å². The Balaban J connectivity index is 1.33. The molecule has 0 unspecified atom stereocenters. The molecule has 0 aromatic heterocycles. The summed E-state index contributed by atoms with van der Waals surface area (Å²) in [5.41, 5.74) is 1.15. The van der Waals surface area contributed by atoms with E-state index in [-0.39, 0.29) is 30.0 Å². The number of hydrogen-bond acceptors (Lipinski definition) is 4. The van der Waals surface area contributed by atoms with Crippen LogP contribution < -0.4 is 10.6 Å². The molecule has 3 rings (SSSR count). The minimum Gasteiger partial charge on any atom is -0.326 e. The zero-order chi connectivity index (χ0) is 20.6. The number of amides is 2. The molecule has 6 nitrogen and oxygen atoms in total. The lowest BCUT2D eigenvalue weighted by atomic mass is 10.2. The lowest BCUT2D eigenvalue weighted by Gasteiger charge is -2.34. The second kappa shape index (κ2) is 10.1. The van der Waals surface area contributed by atoms with Gasteiger partial charge in [-0.25, -0.2) is 8.78 Å². The predicted octanol–water partition coefficient (Wildman–Crippen LogP) is 2.55. The van der Waals surface area contributed by atoms with E-state index in [1.54, 1.807) is 0 Å². The summed E-state index contributed by atoms with van der Waals surface area (Å²) in [4.78, 5) is 28.4. The van der Waals surface area contributed by atoms with Gasteiger partial charge in [0.15, 0.2) is 0 Å². The van der Waals surface area contributed by atoms with Crippen molar-refractivity contribution < 1.29 is 18.4 Å². The fourth-order valence-corrected chi connectivity index (χ4v) is 3.12. The molecule has 0 atom stereocenters. The summed E-state index contributed by atoms with van der Waals surface area (Å²) in [5, 5.41) is 5.51. The second-order valence-electron chi connectivity index (χ2n) is 6.98. The highest BCUT2D eigenvalue weighted by Crippen LogP contribution is 2.10. The number of nitrogens with one attached hydrogen (secondary N) is 2. The second-order valence-corrected chi connectivity index (χ2v) is 6.98. The SMILES string of the molecule is O=C(CCN1CCN(CC(=O)Nc2ccc(F)cc2)CC1)Nc1ccc(F)cc1. The number of halogens is 2. The molecule has 1 fully saturated rings. The number of carbonyl (C=O) groups is 2. The monoisotopic (exact) mass is 402 g/mol. The molecule has 1 aliphatic heterocycles.